The Morgan fingerprint density at radius 1 is 1.00 bits per heavy atom. The molecule has 1 saturated heterocycles. The number of amides is 2. The van der Waals surface area contributed by atoms with E-state index in [-0.39, 0.29) is 11.8 Å². The summed E-state index contributed by atoms with van der Waals surface area (Å²) in [5.41, 5.74) is 2.06. The van der Waals surface area contributed by atoms with Gasteiger partial charge in [0.2, 0.25) is 0 Å². The molecule has 1 aliphatic rings. The smallest absolute Gasteiger partial charge is 0.257 e. The summed E-state index contributed by atoms with van der Waals surface area (Å²) in [6, 6.07) is 6.96. The monoisotopic (exact) mass is 346 g/mol. The predicted octanol–water partition coefficient (Wildman–Crippen LogP) is 3.23. The van der Waals surface area contributed by atoms with E-state index in [1.54, 1.807) is 28.0 Å². The van der Waals surface area contributed by atoms with Crippen LogP contribution in [0.1, 0.15) is 32.7 Å². The van der Waals surface area contributed by atoms with Crippen LogP contribution in [0.4, 0.5) is 0 Å². The molecule has 0 unspecified atom stereocenters. The lowest BCUT2D eigenvalue weighted by molar-refractivity contribution is 0.0718. The zero-order valence-electron chi connectivity index (χ0n) is 13.5. The standard InChI is InChI=1S/C18H19ClN2O3/c1-13-11-14(3-4-16(13)19)17(22)20-6-2-7-21(9-8-20)18(23)15-5-10-24-12-15/h3-5,10-12H,2,6-9H2,1H3. The Kier molecular flexibility index (Phi) is 4.90. The SMILES string of the molecule is Cc1cc(C(=O)N2CCCN(C(=O)c3ccoc3)CC2)ccc1Cl. The summed E-state index contributed by atoms with van der Waals surface area (Å²) in [7, 11) is 0. The number of furan rings is 1. The van der Waals surface area contributed by atoms with Gasteiger partial charge in [-0.15, -0.1) is 0 Å². The van der Waals surface area contributed by atoms with E-state index in [1.165, 1.54) is 12.5 Å². The van der Waals surface area contributed by atoms with E-state index < -0.39 is 0 Å². The number of rotatable bonds is 2. The predicted molar refractivity (Wildman–Crippen MR) is 91.3 cm³/mol. The van der Waals surface area contributed by atoms with Crippen molar-refractivity contribution in [2.24, 2.45) is 0 Å². The van der Waals surface area contributed by atoms with Crippen LogP contribution in [0.15, 0.2) is 41.2 Å². The first-order valence-corrected chi connectivity index (χ1v) is 8.31. The third kappa shape index (κ3) is 3.46. The van der Waals surface area contributed by atoms with Crippen LogP contribution in [-0.4, -0.2) is 47.8 Å². The number of hydrogen-bond acceptors (Lipinski definition) is 3. The molecule has 6 heteroatoms. The van der Waals surface area contributed by atoms with Crippen molar-refractivity contribution in [2.75, 3.05) is 26.2 Å². The minimum Gasteiger partial charge on any atom is -0.472 e. The summed E-state index contributed by atoms with van der Waals surface area (Å²) in [6.07, 6.45) is 3.69. The van der Waals surface area contributed by atoms with Crippen molar-refractivity contribution >= 4 is 23.4 Å². The molecule has 0 atom stereocenters. The van der Waals surface area contributed by atoms with Gasteiger partial charge < -0.3 is 14.2 Å². The van der Waals surface area contributed by atoms with Crippen molar-refractivity contribution < 1.29 is 14.0 Å². The fourth-order valence-electron chi connectivity index (χ4n) is 2.85. The van der Waals surface area contributed by atoms with Gasteiger partial charge in [-0.25, -0.2) is 0 Å². The molecule has 2 heterocycles. The van der Waals surface area contributed by atoms with E-state index in [1.807, 2.05) is 13.0 Å². The molecule has 0 spiro atoms. The third-order valence-corrected chi connectivity index (χ3v) is 4.67. The molecule has 1 fully saturated rings. The fourth-order valence-corrected chi connectivity index (χ4v) is 2.97. The molecule has 3 rings (SSSR count). The zero-order valence-corrected chi connectivity index (χ0v) is 14.3. The Labute approximate surface area is 145 Å². The molecule has 0 radical (unpaired) electrons. The first kappa shape index (κ1) is 16.6. The molecule has 0 aliphatic carbocycles. The van der Waals surface area contributed by atoms with Gasteiger partial charge in [0.1, 0.15) is 6.26 Å². The third-order valence-electron chi connectivity index (χ3n) is 4.24. The largest absolute Gasteiger partial charge is 0.472 e. The zero-order chi connectivity index (χ0) is 17.1. The number of aryl methyl sites for hydroxylation is 1. The lowest BCUT2D eigenvalue weighted by Gasteiger charge is -2.22. The van der Waals surface area contributed by atoms with Crippen LogP contribution in [0.5, 0.6) is 0 Å². The van der Waals surface area contributed by atoms with Gasteiger partial charge in [0.05, 0.1) is 11.8 Å². The topological polar surface area (TPSA) is 53.8 Å². The quantitative estimate of drug-likeness (QED) is 0.839. The van der Waals surface area contributed by atoms with Crippen LogP contribution >= 0.6 is 11.6 Å². The maximum atomic E-state index is 12.7. The number of halogens is 1. The van der Waals surface area contributed by atoms with Crippen LogP contribution in [0.3, 0.4) is 0 Å². The van der Waals surface area contributed by atoms with Crippen LogP contribution in [0.25, 0.3) is 0 Å². The summed E-state index contributed by atoms with van der Waals surface area (Å²) < 4.78 is 4.97. The molecule has 2 aromatic rings. The minimum atomic E-state index is -0.0552. The molecule has 1 aromatic heterocycles. The highest BCUT2D eigenvalue weighted by Crippen LogP contribution is 2.18. The maximum Gasteiger partial charge on any atom is 0.257 e. The van der Waals surface area contributed by atoms with E-state index >= 15 is 0 Å². The van der Waals surface area contributed by atoms with Crippen molar-refractivity contribution in [1.82, 2.24) is 9.80 Å². The van der Waals surface area contributed by atoms with Crippen molar-refractivity contribution in [1.29, 1.82) is 0 Å². The average molecular weight is 347 g/mol. The van der Waals surface area contributed by atoms with Gasteiger partial charge in [0.15, 0.2) is 0 Å². The van der Waals surface area contributed by atoms with Crippen LogP contribution in [0.2, 0.25) is 5.02 Å². The van der Waals surface area contributed by atoms with Gasteiger partial charge in [-0.2, -0.15) is 0 Å². The van der Waals surface area contributed by atoms with E-state index in [0.717, 1.165) is 12.0 Å². The molecule has 5 nitrogen and oxygen atoms in total. The highest BCUT2D eigenvalue weighted by molar-refractivity contribution is 6.31. The Bertz CT molecular complexity index is 743. The average Bonchev–Trinajstić information content (AvgIpc) is 3.00. The van der Waals surface area contributed by atoms with Gasteiger partial charge in [-0.05, 0) is 43.2 Å². The summed E-state index contributed by atoms with van der Waals surface area (Å²) in [4.78, 5) is 28.6. The molecule has 0 N–H and O–H groups in total. The van der Waals surface area contributed by atoms with E-state index in [4.69, 9.17) is 16.0 Å². The molecule has 126 valence electrons. The van der Waals surface area contributed by atoms with Gasteiger partial charge in [-0.3, -0.25) is 9.59 Å². The van der Waals surface area contributed by atoms with E-state index in [9.17, 15) is 9.59 Å². The Balaban J connectivity index is 1.67. The Morgan fingerprint density at radius 2 is 1.67 bits per heavy atom. The summed E-state index contributed by atoms with van der Waals surface area (Å²) in [5, 5.41) is 0.652. The van der Waals surface area contributed by atoms with Crippen molar-refractivity contribution in [2.45, 2.75) is 13.3 Å². The minimum absolute atomic E-state index is 0.0209. The first-order chi connectivity index (χ1) is 11.6. The van der Waals surface area contributed by atoms with Crippen LogP contribution in [0, 0.1) is 6.92 Å². The van der Waals surface area contributed by atoms with Gasteiger partial charge >= 0.3 is 0 Å². The Morgan fingerprint density at radius 3 is 2.25 bits per heavy atom. The summed E-state index contributed by atoms with van der Waals surface area (Å²) in [5.74, 6) is -0.0761. The highest BCUT2D eigenvalue weighted by Gasteiger charge is 2.24. The van der Waals surface area contributed by atoms with Crippen molar-refractivity contribution in [3.8, 4) is 0 Å². The number of carbonyl (C=O) groups excluding carboxylic acids is 2. The molecule has 1 aliphatic heterocycles. The van der Waals surface area contributed by atoms with Crippen molar-refractivity contribution in [3.05, 3.63) is 58.5 Å². The molecule has 0 saturated carbocycles. The number of benzene rings is 1. The first-order valence-electron chi connectivity index (χ1n) is 7.93. The highest BCUT2D eigenvalue weighted by atomic mass is 35.5. The number of hydrogen-bond donors (Lipinski definition) is 0. The lowest BCUT2D eigenvalue weighted by Crippen LogP contribution is -2.37. The summed E-state index contributed by atoms with van der Waals surface area (Å²) >= 11 is 6.02. The normalized spacial score (nSPS) is 15.2. The second-order valence-electron chi connectivity index (χ2n) is 5.91. The van der Waals surface area contributed by atoms with Gasteiger partial charge in [0, 0.05) is 36.8 Å². The van der Waals surface area contributed by atoms with Gasteiger partial charge in [-0.1, -0.05) is 11.6 Å². The Hall–Kier alpha value is -2.27. The molecule has 1 aromatic carbocycles. The fraction of sp³-hybridized carbons (Fsp3) is 0.333. The number of carbonyl (C=O) groups is 2. The molecule has 24 heavy (non-hydrogen) atoms. The van der Waals surface area contributed by atoms with E-state index in [2.05, 4.69) is 0 Å². The van der Waals surface area contributed by atoms with E-state index in [0.29, 0.717) is 42.3 Å². The van der Waals surface area contributed by atoms with Crippen molar-refractivity contribution in [3.63, 3.8) is 0 Å². The maximum absolute atomic E-state index is 12.7. The summed E-state index contributed by atoms with van der Waals surface area (Å²) in [6.45, 7) is 4.18. The lowest BCUT2D eigenvalue weighted by atomic mass is 10.1. The second kappa shape index (κ2) is 7.09. The van der Waals surface area contributed by atoms with Crippen LogP contribution in [-0.2, 0) is 0 Å². The molecular formula is C18H19ClN2O3. The van der Waals surface area contributed by atoms with Gasteiger partial charge in [0.25, 0.3) is 11.8 Å². The molecule has 2 amide bonds. The second-order valence-corrected chi connectivity index (χ2v) is 6.32. The number of nitrogens with zero attached hydrogens (tertiary/aromatic N) is 2. The molecule has 0 bridgehead atoms. The molecular weight excluding hydrogens is 328 g/mol. The van der Waals surface area contributed by atoms with Crippen LogP contribution < -0.4 is 0 Å².